The molecule has 0 fully saturated rings. The summed E-state index contributed by atoms with van der Waals surface area (Å²) in [5.74, 6) is 0.0372. The van der Waals surface area contributed by atoms with Crippen LogP contribution in [0.1, 0.15) is 38.1 Å². The Morgan fingerprint density at radius 3 is 1.77 bits per heavy atom. The lowest BCUT2D eigenvalue weighted by molar-refractivity contribution is 0.00602. The molecule has 2 nitrogen and oxygen atoms in total. The Balaban J connectivity index is 2.05. The van der Waals surface area contributed by atoms with Crippen LogP contribution in [0, 0.1) is 11.8 Å². The van der Waals surface area contributed by atoms with Gasteiger partial charge in [0.2, 0.25) is 0 Å². The molecule has 0 saturated carbocycles. The van der Waals surface area contributed by atoms with Gasteiger partial charge in [0, 0.05) is 5.92 Å². The van der Waals surface area contributed by atoms with Gasteiger partial charge in [0.05, 0.1) is 5.56 Å². The third kappa shape index (κ3) is 5.51. The highest BCUT2D eigenvalue weighted by atomic mass is 31.1. The Morgan fingerprint density at radius 1 is 0.806 bits per heavy atom. The van der Waals surface area contributed by atoms with Crippen LogP contribution in [0.2, 0.25) is 0 Å². The van der Waals surface area contributed by atoms with Gasteiger partial charge < -0.3 is 4.74 Å². The van der Waals surface area contributed by atoms with E-state index in [4.69, 9.17) is 4.74 Å². The first-order valence-corrected chi connectivity index (χ1v) is 12.1. The Bertz CT molecular complexity index is 972. The lowest BCUT2D eigenvalue weighted by atomic mass is 9.90. The number of carbonyl (C=O) groups excluding carboxylic acids is 1. The molecule has 160 valence electrons. The standard InChI is InChI=1S/C28H31O2P/c1-20(2)22(5)27(21(3)4)30-28(29)25-18-12-13-19-26(25)31(23-14-8-6-9-15-23)24-16-10-7-11-17-24/h6-19,21-22,27H,1H2,2-5H3/t22-,27+/m1/s1. The molecule has 3 heteroatoms. The van der Waals surface area contributed by atoms with Gasteiger partial charge in [-0.25, -0.2) is 4.79 Å². The van der Waals surface area contributed by atoms with Crippen LogP contribution in [0.25, 0.3) is 0 Å². The highest BCUT2D eigenvalue weighted by molar-refractivity contribution is 7.80. The maximum atomic E-state index is 13.4. The fourth-order valence-electron chi connectivity index (χ4n) is 3.71. The number of esters is 1. The summed E-state index contributed by atoms with van der Waals surface area (Å²) in [7, 11) is -0.886. The van der Waals surface area contributed by atoms with Crippen LogP contribution >= 0.6 is 7.92 Å². The number of rotatable bonds is 8. The molecule has 0 N–H and O–H groups in total. The molecule has 0 heterocycles. The first kappa shape index (κ1) is 23.0. The lowest BCUT2D eigenvalue weighted by Crippen LogP contribution is -2.33. The number of hydrogen-bond donors (Lipinski definition) is 0. The topological polar surface area (TPSA) is 26.3 Å². The summed E-state index contributed by atoms with van der Waals surface area (Å²) >= 11 is 0. The van der Waals surface area contributed by atoms with Crippen LogP contribution in [0.15, 0.2) is 97.1 Å². The van der Waals surface area contributed by atoms with Crippen molar-refractivity contribution in [2.75, 3.05) is 0 Å². The summed E-state index contributed by atoms with van der Waals surface area (Å²) in [6.07, 6.45) is -0.210. The zero-order chi connectivity index (χ0) is 22.4. The van der Waals surface area contributed by atoms with Gasteiger partial charge >= 0.3 is 5.97 Å². The Kier molecular flexibility index (Phi) is 7.82. The average Bonchev–Trinajstić information content (AvgIpc) is 2.78. The molecule has 0 spiro atoms. The Morgan fingerprint density at radius 2 is 1.29 bits per heavy atom. The summed E-state index contributed by atoms with van der Waals surface area (Å²) in [6.45, 7) is 12.3. The van der Waals surface area contributed by atoms with Crippen LogP contribution in [-0.2, 0) is 4.74 Å². The van der Waals surface area contributed by atoms with E-state index in [0.717, 1.165) is 10.9 Å². The van der Waals surface area contributed by atoms with E-state index in [-0.39, 0.29) is 23.9 Å². The van der Waals surface area contributed by atoms with Crippen LogP contribution in [-0.4, -0.2) is 12.1 Å². The molecule has 0 aliphatic carbocycles. The highest BCUT2D eigenvalue weighted by Crippen LogP contribution is 2.34. The SMILES string of the molecule is C=C(C)[C@@H](C)[C@@H](OC(=O)c1ccccc1P(c1ccccc1)c1ccccc1)C(C)C. The van der Waals surface area contributed by atoms with E-state index in [9.17, 15) is 4.79 Å². The van der Waals surface area contributed by atoms with Crippen LogP contribution in [0.5, 0.6) is 0 Å². The molecule has 2 atom stereocenters. The van der Waals surface area contributed by atoms with Crippen LogP contribution in [0.3, 0.4) is 0 Å². The quantitative estimate of drug-likeness (QED) is 0.255. The summed E-state index contributed by atoms with van der Waals surface area (Å²) in [5.41, 5.74) is 1.66. The molecule has 0 amide bonds. The Labute approximate surface area is 187 Å². The van der Waals surface area contributed by atoms with Crippen molar-refractivity contribution in [1.29, 1.82) is 0 Å². The van der Waals surface area contributed by atoms with Crippen molar-refractivity contribution in [1.82, 2.24) is 0 Å². The molecule has 0 bridgehead atoms. The maximum Gasteiger partial charge on any atom is 0.339 e. The summed E-state index contributed by atoms with van der Waals surface area (Å²) in [5, 5.41) is 3.43. The minimum atomic E-state index is -0.886. The van der Waals surface area contributed by atoms with Crippen molar-refractivity contribution in [3.8, 4) is 0 Å². The molecule has 3 rings (SSSR count). The predicted octanol–water partition coefficient (Wildman–Crippen LogP) is 5.84. The molecule has 0 aromatic heterocycles. The summed E-state index contributed by atoms with van der Waals surface area (Å²) in [4.78, 5) is 13.4. The van der Waals surface area contributed by atoms with Crippen molar-refractivity contribution in [2.45, 2.75) is 33.8 Å². The predicted molar refractivity (Wildman–Crippen MR) is 133 cm³/mol. The first-order valence-electron chi connectivity index (χ1n) is 10.8. The maximum absolute atomic E-state index is 13.4. The number of ether oxygens (including phenoxy) is 1. The molecule has 31 heavy (non-hydrogen) atoms. The largest absolute Gasteiger partial charge is 0.458 e. The van der Waals surface area contributed by atoms with Gasteiger partial charge in [-0.05, 0) is 42.7 Å². The normalized spacial score (nSPS) is 13.1. The molecular weight excluding hydrogens is 399 g/mol. The smallest absolute Gasteiger partial charge is 0.339 e. The zero-order valence-corrected chi connectivity index (χ0v) is 19.7. The van der Waals surface area contributed by atoms with Gasteiger partial charge in [0.15, 0.2) is 0 Å². The monoisotopic (exact) mass is 430 g/mol. The molecular formula is C28H31O2P. The number of carbonyl (C=O) groups is 1. The van der Waals surface area contributed by atoms with Gasteiger partial charge in [0.1, 0.15) is 6.10 Å². The molecule has 0 aliphatic rings. The number of hydrogen-bond acceptors (Lipinski definition) is 2. The summed E-state index contributed by atoms with van der Waals surface area (Å²) in [6, 6.07) is 28.7. The van der Waals surface area contributed by atoms with Crippen molar-refractivity contribution < 1.29 is 9.53 Å². The fourth-order valence-corrected chi connectivity index (χ4v) is 6.14. The van der Waals surface area contributed by atoms with Crippen molar-refractivity contribution in [2.24, 2.45) is 11.8 Å². The number of benzene rings is 3. The van der Waals surface area contributed by atoms with Gasteiger partial charge in [-0.1, -0.05) is 112 Å². The molecule has 0 aliphatic heterocycles. The summed E-state index contributed by atoms with van der Waals surface area (Å²) < 4.78 is 6.09. The minimum absolute atomic E-state index is 0.0980. The Hall–Kier alpha value is -2.70. The molecule has 3 aromatic rings. The highest BCUT2D eigenvalue weighted by Gasteiger charge is 2.28. The third-order valence-corrected chi connectivity index (χ3v) is 8.06. The second-order valence-electron chi connectivity index (χ2n) is 8.27. The van der Waals surface area contributed by atoms with Gasteiger partial charge in [0.25, 0.3) is 0 Å². The van der Waals surface area contributed by atoms with Crippen molar-refractivity contribution in [3.63, 3.8) is 0 Å². The fraction of sp³-hybridized carbons (Fsp3) is 0.250. The molecule has 3 aromatic carbocycles. The van der Waals surface area contributed by atoms with E-state index < -0.39 is 7.92 Å². The first-order chi connectivity index (χ1) is 14.9. The van der Waals surface area contributed by atoms with Gasteiger partial charge in [-0.15, -0.1) is 0 Å². The zero-order valence-electron chi connectivity index (χ0n) is 18.8. The third-order valence-electron chi connectivity index (χ3n) is 5.56. The van der Waals surface area contributed by atoms with E-state index in [0.29, 0.717) is 5.56 Å². The average molecular weight is 431 g/mol. The second kappa shape index (κ2) is 10.6. The van der Waals surface area contributed by atoms with E-state index in [1.54, 1.807) is 0 Å². The molecule has 0 radical (unpaired) electrons. The minimum Gasteiger partial charge on any atom is -0.458 e. The molecule has 0 unspecified atom stereocenters. The van der Waals surface area contributed by atoms with E-state index in [1.807, 2.05) is 37.3 Å². The van der Waals surface area contributed by atoms with E-state index >= 15 is 0 Å². The van der Waals surface area contributed by atoms with Gasteiger partial charge in [-0.3, -0.25) is 0 Å². The second-order valence-corrected chi connectivity index (χ2v) is 10.5. The van der Waals surface area contributed by atoms with Crippen molar-refractivity contribution in [3.05, 3.63) is 103 Å². The molecule has 0 saturated heterocycles. The van der Waals surface area contributed by atoms with Crippen molar-refractivity contribution >= 4 is 29.8 Å². The van der Waals surface area contributed by atoms with E-state index in [2.05, 4.69) is 81.9 Å². The van der Waals surface area contributed by atoms with E-state index in [1.165, 1.54) is 10.6 Å². The van der Waals surface area contributed by atoms with Gasteiger partial charge in [-0.2, -0.15) is 0 Å². The van der Waals surface area contributed by atoms with Crippen LogP contribution in [0.4, 0.5) is 0 Å². The van der Waals surface area contributed by atoms with Crippen LogP contribution < -0.4 is 15.9 Å². The lowest BCUT2D eigenvalue weighted by Gasteiger charge is -2.29.